The van der Waals surface area contributed by atoms with Crippen LogP contribution in [0.3, 0.4) is 0 Å². The number of hydrogen-bond acceptors (Lipinski definition) is 4. The Hall–Kier alpha value is -1.45. The van der Waals surface area contributed by atoms with Gasteiger partial charge in [-0.15, -0.1) is 0 Å². The van der Waals surface area contributed by atoms with E-state index in [2.05, 4.69) is 6.07 Å². The molecule has 0 bridgehead atoms. The summed E-state index contributed by atoms with van der Waals surface area (Å²) in [5.41, 5.74) is -0.400. The van der Waals surface area contributed by atoms with Crippen LogP contribution in [0.4, 0.5) is 4.39 Å². The molecule has 114 valence electrons. The predicted molar refractivity (Wildman–Crippen MR) is 76.9 cm³/mol. The van der Waals surface area contributed by atoms with E-state index in [1.807, 2.05) is 0 Å². The molecule has 0 spiro atoms. The SMILES string of the molecule is CCOC[C@@]1(C#N)[C@H](c2ccc(F)cc2)[C@@H]1S(=O)(=O)CC. The van der Waals surface area contributed by atoms with E-state index in [1.165, 1.54) is 12.1 Å². The van der Waals surface area contributed by atoms with E-state index in [0.717, 1.165) is 0 Å². The summed E-state index contributed by atoms with van der Waals surface area (Å²) in [7, 11) is -3.38. The largest absolute Gasteiger partial charge is 0.380 e. The van der Waals surface area contributed by atoms with Gasteiger partial charge in [0, 0.05) is 18.3 Å². The van der Waals surface area contributed by atoms with Gasteiger partial charge in [-0.25, -0.2) is 12.8 Å². The van der Waals surface area contributed by atoms with Crippen molar-refractivity contribution < 1.29 is 17.5 Å². The highest BCUT2D eigenvalue weighted by Gasteiger charge is 2.71. The molecule has 3 atom stereocenters. The average Bonchev–Trinajstić information content (AvgIpc) is 3.16. The Morgan fingerprint density at radius 1 is 1.33 bits per heavy atom. The molecular formula is C15H18FNO3S. The van der Waals surface area contributed by atoms with Crippen molar-refractivity contribution in [1.82, 2.24) is 0 Å². The van der Waals surface area contributed by atoms with E-state index in [1.54, 1.807) is 26.0 Å². The molecule has 1 fully saturated rings. The van der Waals surface area contributed by atoms with Crippen molar-refractivity contribution in [1.29, 1.82) is 5.26 Å². The Balaban J connectivity index is 2.42. The van der Waals surface area contributed by atoms with E-state index in [-0.39, 0.29) is 18.2 Å². The maximum Gasteiger partial charge on any atom is 0.155 e. The van der Waals surface area contributed by atoms with Crippen LogP contribution in [-0.2, 0) is 14.6 Å². The van der Waals surface area contributed by atoms with Gasteiger partial charge >= 0.3 is 0 Å². The number of nitrogens with zero attached hydrogens (tertiary/aromatic N) is 1. The Labute approximate surface area is 124 Å². The van der Waals surface area contributed by atoms with Crippen molar-refractivity contribution in [3.05, 3.63) is 35.6 Å². The van der Waals surface area contributed by atoms with Gasteiger partial charge in [0.05, 0.1) is 17.9 Å². The third-order valence-electron chi connectivity index (χ3n) is 4.03. The Kier molecular flexibility index (Phi) is 4.35. The monoisotopic (exact) mass is 311 g/mol. The molecule has 0 amide bonds. The summed E-state index contributed by atoms with van der Waals surface area (Å²) in [6.07, 6.45) is 0. The molecule has 0 saturated heterocycles. The van der Waals surface area contributed by atoms with Gasteiger partial charge in [-0.05, 0) is 24.6 Å². The Morgan fingerprint density at radius 3 is 2.43 bits per heavy atom. The molecule has 0 N–H and O–H groups in total. The molecule has 0 aromatic heterocycles. The summed E-state index contributed by atoms with van der Waals surface area (Å²) in [5.74, 6) is -0.869. The van der Waals surface area contributed by atoms with Crippen LogP contribution in [-0.4, -0.2) is 32.6 Å². The predicted octanol–water partition coefficient (Wildman–Crippen LogP) is 2.27. The van der Waals surface area contributed by atoms with Gasteiger partial charge in [-0.2, -0.15) is 5.26 Å². The summed E-state index contributed by atoms with van der Waals surface area (Å²) in [6.45, 7) is 3.85. The normalized spacial score (nSPS) is 28.1. The van der Waals surface area contributed by atoms with Crippen LogP contribution < -0.4 is 0 Å². The maximum absolute atomic E-state index is 13.0. The highest BCUT2D eigenvalue weighted by atomic mass is 32.2. The molecule has 1 aromatic carbocycles. The molecule has 0 radical (unpaired) electrons. The molecule has 0 heterocycles. The van der Waals surface area contributed by atoms with Crippen LogP contribution in [0.15, 0.2) is 24.3 Å². The van der Waals surface area contributed by atoms with Crippen molar-refractivity contribution in [3.63, 3.8) is 0 Å². The van der Waals surface area contributed by atoms with E-state index < -0.39 is 26.4 Å². The maximum atomic E-state index is 13.0. The van der Waals surface area contributed by atoms with Gasteiger partial charge in [0.2, 0.25) is 0 Å². The Bertz CT molecular complexity index is 650. The molecule has 2 rings (SSSR count). The topological polar surface area (TPSA) is 67.2 Å². The third kappa shape index (κ3) is 2.68. The van der Waals surface area contributed by atoms with Crippen LogP contribution in [0.1, 0.15) is 25.3 Å². The first-order valence-electron chi connectivity index (χ1n) is 6.89. The highest BCUT2D eigenvalue weighted by Crippen LogP contribution is 2.62. The second kappa shape index (κ2) is 5.74. The first kappa shape index (κ1) is 15.9. The molecule has 6 heteroatoms. The second-order valence-corrected chi connectivity index (χ2v) is 7.60. The van der Waals surface area contributed by atoms with Crippen LogP contribution in [0.5, 0.6) is 0 Å². The number of nitriles is 1. The van der Waals surface area contributed by atoms with Crippen molar-refractivity contribution in [2.24, 2.45) is 5.41 Å². The summed E-state index contributed by atoms with van der Waals surface area (Å²) < 4.78 is 42.9. The number of ether oxygens (including phenoxy) is 1. The van der Waals surface area contributed by atoms with E-state index in [0.29, 0.717) is 12.2 Å². The van der Waals surface area contributed by atoms with Crippen LogP contribution in [0.2, 0.25) is 0 Å². The molecule has 1 aliphatic carbocycles. The van der Waals surface area contributed by atoms with Crippen LogP contribution in [0, 0.1) is 22.6 Å². The second-order valence-electron chi connectivity index (χ2n) is 5.19. The Morgan fingerprint density at radius 2 is 1.95 bits per heavy atom. The van der Waals surface area contributed by atoms with Crippen LogP contribution >= 0.6 is 0 Å². The quantitative estimate of drug-likeness (QED) is 0.808. The van der Waals surface area contributed by atoms with Crippen molar-refractivity contribution in [3.8, 4) is 6.07 Å². The minimum atomic E-state index is -3.38. The lowest BCUT2D eigenvalue weighted by molar-refractivity contribution is 0.117. The number of sulfone groups is 1. The number of halogens is 1. The molecule has 4 nitrogen and oxygen atoms in total. The molecular weight excluding hydrogens is 293 g/mol. The zero-order valence-corrected chi connectivity index (χ0v) is 12.9. The standard InChI is InChI=1S/C15H18FNO3S/c1-3-20-10-15(9-17)13(14(15)21(18,19)4-2)11-5-7-12(16)8-6-11/h5-8,13-14H,3-4,10H2,1-2H3/t13-,14+,15+/m1/s1. The number of rotatable bonds is 6. The minimum absolute atomic E-state index is 0.0229. The van der Waals surface area contributed by atoms with Crippen molar-refractivity contribution >= 4 is 9.84 Å². The molecule has 1 aromatic rings. The lowest BCUT2D eigenvalue weighted by atomic mass is 10.0. The summed E-state index contributed by atoms with van der Waals surface area (Å²) in [6, 6.07) is 7.80. The molecule has 0 aliphatic heterocycles. The van der Waals surface area contributed by atoms with Gasteiger partial charge < -0.3 is 4.74 Å². The highest BCUT2D eigenvalue weighted by molar-refractivity contribution is 7.92. The number of benzene rings is 1. The van der Waals surface area contributed by atoms with E-state index in [9.17, 15) is 18.1 Å². The van der Waals surface area contributed by atoms with Crippen molar-refractivity contribution in [2.75, 3.05) is 19.0 Å². The first-order chi connectivity index (χ1) is 9.93. The lowest BCUT2D eigenvalue weighted by Crippen LogP contribution is -2.20. The fraction of sp³-hybridized carbons (Fsp3) is 0.533. The average molecular weight is 311 g/mol. The first-order valence-corrected chi connectivity index (χ1v) is 8.60. The van der Waals surface area contributed by atoms with Crippen LogP contribution in [0.25, 0.3) is 0 Å². The fourth-order valence-corrected chi connectivity index (χ4v) is 4.87. The van der Waals surface area contributed by atoms with Gasteiger partial charge in [0.1, 0.15) is 11.2 Å². The summed E-state index contributed by atoms with van der Waals surface area (Å²) >= 11 is 0. The fourth-order valence-electron chi connectivity index (χ4n) is 2.86. The lowest BCUT2D eigenvalue weighted by Gasteiger charge is -2.09. The van der Waals surface area contributed by atoms with E-state index in [4.69, 9.17) is 4.74 Å². The zero-order chi connectivity index (χ0) is 15.7. The third-order valence-corrected chi connectivity index (χ3v) is 6.30. The molecule has 21 heavy (non-hydrogen) atoms. The zero-order valence-electron chi connectivity index (χ0n) is 12.0. The van der Waals surface area contributed by atoms with Gasteiger partial charge in [0.15, 0.2) is 9.84 Å². The smallest absolute Gasteiger partial charge is 0.155 e. The van der Waals surface area contributed by atoms with Crippen molar-refractivity contribution in [2.45, 2.75) is 25.0 Å². The minimum Gasteiger partial charge on any atom is -0.380 e. The van der Waals surface area contributed by atoms with Gasteiger partial charge in [0.25, 0.3) is 0 Å². The molecule has 1 aliphatic rings. The van der Waals surface area contributed by atoms with Gasteiger partial charge in [-0.1, -0.05) is 19.1 Å². The summed E-state index contributed by atoms with van der Waals surface area (Å²) in [5, 5.41) is 8.75. The molecule has 1 saturated carbocycles. The summed E-state index contributed by atoms with van der Waals surface area (Å²) in [4.78, 5) is 0. The van der Waals surface area contributed by atoms with Gasteiger partial charge in [-0.3, -0.25) is 0 Å². The number of hydrogen-bond donors (Lipinski definition) is 0. The van der Waals surface area contributed by atoms with E-state index >= 15 is 0 Å². The molecule has 0 unspecified atom stereocenters.